The number of rotatable bonds is 4. The molecule has 0 fully saturated rings. The first-order chi connectivity index (χ1) is 7.21. The molecule has 0 aliphatic heterocycles. The highest BCUT2D eigenvalue weighted by atomic mass is 16.5. The van der Waals surface area contributed by atoms with Gasteiger partial charge in [-0.25, -0.2) is 0 Å². The fraction of sp³-hybridized carbons (Fsp3) is 0.333. The van der Waals surface area contributed by atoms with E-state index in [-0.39, 0.29) is 0 Å². The number of esters is 1. The van der Waals surface area contributed by atoms with Crippen LogP contribution in [0.4, 0.5) is 0 Å². The van der Waals surface area contributed by atoms with E-state index in [2.05, 4.69) is 4.74 Å². The van der Waals surface area contributed by atoms with E-state index in [0.717, 1.165) is 0 Å². The molecule has 0 amide bonds. The van der Waals surface area contributed by atoms with Crippen LogP contribution in [0.2, 0.25) is 0 Å². The van der Waals surface area contributed by atoms with Gasteiger partial charge in [-0.05, 0) is 12.0 Å². The lowest BCUT2D eigenvalue weighted by Crippen LogP contribution is -2.38. The van der Waals surface area contributed by atoms with E-state index in [9.17, 15) is 9.59 Å². The molecule has 0 spiro atoms. The first-order valence-corrected chi connectivity index (χ1v) is 4.81. The topological polar surface area (TPSA) is 43.4 Å². The second kappa shape index (κ2) is 4.73. The molecule has 3 nitrogen and oxygen atoms in total. The molecule has 0 heterocycles. The van der Waals surface area contributed by atoms with Gasteiger partial charge in [-0.2, -0.15) is 0 Å². The lowest BCUT2D eigenvalue weighted by molar-refractivity contribution is -0.149. The summed E-state index contributed by atoms with van der Waals surface area (Å²) in [6.07, 6.45) is 1.06. The van der Waals surface area contributed by atoms with Gasteiger partial charge in [0.1, 0.15) is 11.7 Å². The normalized spacial score (nSPS) is 14.0. The van der Waals surface area contributed by atoms with Crippen LogP contribution in [-0.2, 0) is 19.7 Å². The van der Waals surface area contributed by atoms with Crippen molar-refractivity contribution in [3.8, 4) is 0 Å². The van der Waals surface area contributed by atoms with Gasteiger partial charge >= 0.3 is 5.97 Å². The molecule has 0 aromatic heterocycles. The van der Waals surface area contributed by atoms with Gasteiger partial charge in [0.2, 0.25) is 0 Å². The summed E-state index contributed by atoms with van der Waals surface area (Å²) in [6.45, 7) is 1.79. The number of hydrogen-bond donors (Lipinski definition) is 0. The van der Waals surface area contributed by atoms with Gasteiger partial charge in [0.15, 0.2) is 0 Å². The molecule has 0 saturated carbocycles. The number of benzene rings is 1. The van der Waals surface area contributed by atoms with E-state index in [1.807, 2.05) is 6.07 Å². The van der Waals surface area contributed by atoms with E-state index in [4.69, 9.17) is 0 Å². The average molecular weight is 206 g/mol. The summed E-state index contributed by atoms with van der Waals surface area (Å²) in [4.78, 5) is 22.8. The average Bonchev–Trinajstić information content (AvgIpc) is 2.32. The van der Waals surface area contributed by atoms with E-state index >= 15 is 0 Å². The zero-order chi connectivity index (χ0) is 11.3. The fourth-order valence-electron chi connectivity index (χ4n) is 1.58. The maximum Gasteiger partial charge on any atom is 0.323 e. The van der Waals surface area contributed by atoms with Gasteiger partial charge < -0.3 is 9.53 Å². The van der Waals surface area contributed by atoms with E-state index in [0.29, 0.717) is 18.3 Å². The van der Waals surface area contributed by atoms with Gasteiger partial charge in [-0.3, -0.25) is 4.79 Å². The summed E-state index contributed by atoms with van der Waals surface area (Å²) in [7, 11) is 1.29. The molecule has 1 aromatic rings. The molecule has 0 bridgehead atoms. The van der Waals surface area contributed by atoms with Crippen molar-refractivity contribution in [1.82, 2.24) is 0 Å². The molecule has 0 aliphatic rings. The van der Waals surface area contributed by atoms with Crippen LogP contribution in [0.1, 0.15) is 18.9 Å². The summed E-state index contributed by atoms with van der Waals surface area (Å²) in [5, 5.41) is 0. The highest BCUT2D eigenvalue weighted by molar-refractivity contribution is 5.99. The molecule has 0 aliphatic carbocycles. The smallest absolute Gasteiger partial charge is 0.323 e. The third-order valence-corrected chi connectivity index (χ3v) is 2.60. The highest BCUT2D eigenvalue weighted by Gasteiger charge is 2.39. The quantitative estimate of drug-likeness (QED) is 0.428. The van der Waals surface area contributed by atoms with Crippen LogP contribution in [-0.4, -0.2) is 19.4 Å². The monoisotopic (exact) mass is 206 g/mol. The van der Waals surface area contributed by atoms with Crippen molar-refractivity contribution < 1.29 is 14.3 Å². The first-order valence-electron chi connectivity index (χ1n) is 4.81. The van der Waals surface area contributed by atoms with Crippen LogP contribution in [0, 0.1) is 0 Å². The van der Waals surface area contributed by atoms with Gasteiger partial charge in [0, 0.05) is 0 Å². The Hall–Kier alpha value is -1.64. The Bertz CT molecular complexity index is 345. The van der Waals surface area contributed by atoms with Gasteiger partial charge in [0.25, 0.3) is 0 Å². The molecule has 80 valence electrons. The summed E-state index contributed by atoms with van der Waals surface area (Å²) in [6, 6.07) is 8.95. The number of methoxy groups -OCH3 is 1. The lowest BCUT2D eigenvalue weighted by Gasteiger charge is -2.23. The molecule has 1 aromatic carbocycles. The standard InChI is InChI=1S/C12H14O3/c1-3-12(9-13,11(14)15-2)10-7-5-4-6-8-10/h4-9H,3H2,1-2H3. The van der Waals surface area contributed by atoms with Crippen LogP contribution in [0.5, 0.6) is 0 Å². The van der Waals surface area contributed by atoms with Crippen molar-refractivity contribution in [3.63, 3.8) is 0 Å². The Balaban J connectivity index is 3.23. The summed E-state index contributed by atoms with van der Waals surface area (Å²) in [5.41, 5.74) is -0.481. The van der Waals surface area contributed by atoms with Crippen molar-refractivity contribution in [1.29, 1.82) is 0 Å². The van der Waals surface area contributed by atoms with E-state index in [1.165, 1.54) is 7.11 Å². The Kier molecular flexibility index (Phi) is 3.61. The minimum Gasteiger partial charge on any atom is -0.468 e. The Morgan fingerprint density at radius 2 is 2.00 bits per heavy atom. The second-order valence-corrected chi connectivity index (χ2v) is 3.30. The molecule has 0 saturated heterocycles. The van der Waals surface area contributed by atoms with Crippen LogP contribution in [0.3, 0.4) is 0 Å². The van der Waals surface area contributed by atoms with Gasteiger partial charge in [0.05, 0.1) is 7.11 Å². The second-order valence-electron chi connectivity index (χ2n) is 3.30. The molecule has 1 atom stereocenters. The van der Waals surface area contributed by atoms with Crippen molar-refractivity contribution in [3.05, 3.63) is 35.9 Å². The zero-order valence-corrected chi connectivity index (χ0v) is 8.90. The molecule has 3 heteroatoms. The maximum absolute atomic E-state index is 11.6. The lowest BCUT2D eigenvalue weighted by atomic mass is 9.79. The Morgan fingerprint density at radius 1 is 1.40 bits per heavy atom. The zero-order valence-electron chi connectivity index (χ0n) is 8.90. The van der Waals surface area contributed by atoms with Crippen LogP contribution in [0.25, 0.3) is 0 Å². The number of carbonyl (C=O) groups excluding carboxylic acids is 2. The predicted molar refractivity (Wildman–Crippen MR) is 56.5 cm³/mol. The molecule has 15 heavy (non-hydrogen) atoms. The van der Waals surface area contributed by atoms with Crippen molar-refractivity contribution >= 4 is 12.3 Å². The third-order valence-electron chi connectivity index (χ3n) is 2.60. The van der Waals surface area contributed by atoms with Crippen LogP contribution < -0.4 is 0 Å². The number of aldehydes is 1. The molecular formula is C12H14O3. The molecule has 1 unspecified atom stereocenters. The van der Waals surface area contributed by atoms with Gasteiger partial charge in [-0.1, -0.05) is 37.3 Å². The number of ether oxygens (including phenoxy) is 1. The van der Waals surface area contributed by atoms with Crippen molar-refractivity contribution in [2.24, 2.45) is 0 Å². The van der Waals surface area contributed by atoms with Crippen molar-refractivity contribution in [2.75, 3.05) is 7.11 Å². The van der Waals surface area contributed by atoms with E-state index < -0.39 is 11.4 Å². The third kappa shape index (κ3) is 1.91. The number of hydrogen-bond acceptors (Lipinski definition) is 3. The van der Waals surface area contributed by atoms with Crippen LogP contribution in [0.15, 0.2) is 30.3 Å². The Morgan fingerprint density at radius 3 is 2.40 bits per heavy atom. The van der Waals surface area contributed by atoms with E-state index in [1.54, 1.807) is 31.2 Å². The number of carbonyl (C=O) groups is 2. The highest BCUT2D eigenvalue weighted by Crippen LogP contribution is 2.27. The summed E-state index contributed by atoms with van der Waals surface area (Å²) in [5.74, 6) is -0.508. The first kappa shape index (κ1) is 11.4. The largest absolute Gasteiger partial charge is 0.468 e. The van der Waals surface area contributed by atoms with Crippen molar-refractivity contribution in [2.45, 2.75) is 18.8 Å². The maximum atomic E-state index is 11.6. The van der Waals surface area contributed by atoms with Gasteiger partial charge in [-0.15, -0.1) is 0 Å². The molecule has 1 rings (SSSR count). The minimum atomic E-state index is -1.16. The summed E-state index contributed by atoms with van der Waals surface area (Å²) >= 11 is 0. The SMILES string of the molecule is CCC(C=O)(C(=O)OC)c1ccccc1. The molecule has 0 radical (unpaired) electrons. The Labute approximate surface area is 89.1 Å². The molecule has 0 N–H and O–H groups in total. The fourth-order valence-corrected chi connectivity index (χ4v) is 1.58. The predicted octanol–water partition coefficient (Wildman–Crippen LogP) is 1.71. The minimum absolute atomic E-state index is 0.396. The molecular weight excluding hydrogens is 192 g/mol. The van der Waals surface area contributed by atoms with Crippen LogP contribution >= 0.6 is 0 Å². The summed E-state index contributed by atoms with van der Waals surface area (Å²) < 4.78 is 4.68.